The third-order valence-corrected chi connectivity index (χ3v) is 9.08. The van der Waals surface area contributed by atoms with Gasteiger partial charge in [-0.2, -0.15) is 13.2 Å². The van der Waals surface area contributed by atoms with Crippen LogP contribution in [0.5, 0.6) is 0 Å². The average molecular weight is 543 g/mol. The van der Waals surface area contributed by atoms with Crippen LogP contribution in [-0.2, 0) is 21.0 Å². The highest BCUT2D eigenvalue weighted by Gasteiger charge is 2.43. The van der Waals surface area contributed by atoms with Crippen molar-refractivity contribution < 1.29 is 43.9 Å². The minimum Gasteiger partial charge on any atom is -0.321 e. The molecule has 36 heavy (non-hydrogen) atoms. The van der Waals surface area contributed by atoms with Crippen molar-refractivity contribution in [2.45, 2.75) is 56.4 Å². The molecular weight excluding hydrogens is 517 g/mol. The van der Waals surface area contributed by atoms with Gasteiger partial charge < -0.3 is 5.32 Å². The molecule has 0 bridgehead atoms. The van der Waals surface area contributed by atoms with E-state index < -0.39 is 61.4 Å². The normalized spacial score (nSPS) is 21.7. The zero-order valence-corrected chi connectivity index (χ0v) is 20.1. The molecule has 0 spiro atoms. The number of hydrogen-bond donors (Lipinski definition) is 1. The SMILES string of the molecule is CC1(S(=O)(=O)N2CCC(CCCC(=O)Nc3c(F)c(F)c(C(F)(F)F)c(F)c3F)CC2)C=CC=CC1. The van der Waals surface area contributed by atoms with Gasteiger partial charge in [-0.3, -0.25) is 4.79 Å². The molecule has 3 rings (SSSR count). The first kappa shape index (κ1) is 28.2. The molecule has 1 amide bonds. The lowest BCUT2D eigenvalue weighted by molar-refractivity contribution is -0.143. The Morgan fingerprint density at radius 3 is 2.14 bits per heavy atom. The van der Waals surface area contributed by atoms with Gasteiger partial charge in [0.1, 0.15) is 16.0 Å². The van der Waals surface area contributed by atoms with E-state index in [1.165, 1.54) is 4.31 Å². The summed E-state index contributed by atoms with van der Waals surface area (Å²) in [7, 11) is -3.58. The summed E-state index contributed by atoms with van der Waals surface area (Å²) in [6.45, 7) is 2.26. The van der Waals surface area contributed by atoms with Gasteiger partial charge in [0.05, 0.1) is 0 Å². The lowest BCUT2D eigenvalue weighted by atomic mass is 9.92. The van der Waals surface area contributed by atoms with E-state index in [4.69, 9.17) is 0 Å². The number of piperidine rings is 1. The molecule has 1 atom stereocenters. The molecule has 2 aliphatic rings. The molecule has 5 nitrogen and oxygen atoms in total. The first-order valence-electron chi connectivity index (χ1n) is 11.3. The Labute approximate surface area is 204 Å². The molecule has 200 valence electrons. The van der Waals surface area contributed by atoms with Crippen molar-refractivity contribution in [2.24, 2.45) is 5.92 Å². The van der Waals surface area contributed by atoms with Gasteiger partial charge in [-0.05, 0) is 44.9 Å². The minimum absolute atomic E-state index is 0.0771. The maximum atomic E-state index is 13.9. The van der Waals surface area contributed by atoms with Crippen LogP contribution in [-0.4, -0.2) is 36.5 Å². The molecule has 1 heterocycles. The molecule has 0 radical (unpaired) electrons. The van der Waals surface area contributed by atoms with Gasteiger partial charge in [-0.25, -0.2) is 30.3 Å². The molecule has 0 saturated carbocycles. The Balaban J connectivity index is 1.52. The van der Waals surface area contributed by atoms with Crippen LogP contribution in [0.1, 0.15) is 51.0 Å². The van der Waals surface area contributed by atoms with Gasteiger partial charge in [0.2, 0.25) is 15.9 Å². The van der Waals surface area contributed by atoms with Crippen molar-refractivity contribution in [1.29, 1.82) is 0 Å². The number of rotatable bonds is 7. The summed E-state index contributed by atoms with van der Waals surface area (Å²) in [4.78, 5) is 12.0. The van der Waals surface area contributed by atoms with Gasteiger partial charge in [0, 0.05) is 19.5 Å². The summed E-state index contributed by atoms with van der Waals surface area (Å²) in [6, 6.07) is 0. The fourth-order valence-electron chi connectivity index (χ4n) is 4.38. The second kappa shape index (κ2) is 10.5. The Hall–Kier alpha value is -2.41. The van der Waals surface area contributed by atoms with E-state index in [1.54, 1.807) is 36.5 Å². The number of nitrogens with zero attached hydrogens (tertiary/aromatic N) is 1. The fourth-order valence-corrected chi connectivity index (χ4v) is 6.21. The quantitative estimate of drug-likeness (QED) is 0.356. The first-order valence-corrected chi connectivity index (χ1v) is 12.7. The highest BCUT2D eigenvalue weighted by atomic mass is 32.2. The summed E-state index contributed by atoms with van der Waals surface area (Å²) in [5.41, 5.74) is -4.34. The van der Waals surface area contributed by atoms with Crippen LogP contribution in [0.3, 0.4) is 0 Å². The Kier molecular flexibility index (Phi) is 8.23. The predicted molar refractivity (Wildman–Crippen MR) is 118 cm³/mol. The summed E-state index contributed by atoms with van der Waals surface area (Å²) in [5, 5.41) is 1.61. The number of benzene rings is 1. The monoisotopic (exact) mass is 542 g/mol. The number of hydrogen-bond acceptors (Lipinski definition) is 3. The van der Waals surface area contributed by atoms with E-state index in [9.17, 15) is 43.9 Å². The minimum atomic E-state index is -5.67. The molecule has 1 unspecified atom stereocenters. The zero-order chi connectivity index (χ0) is 26.9. The molecule has 1 fully saturated rings. The number of amides is 1. The highest BCUT2D eigenvalue weighted by Crippen LogP contribution is 2.38. The van der Waals surface area contributed by atoms with E-state index in [2.05, 4.69) is 0 Å². The number of nitrogens with one attached hydrogen (secondary N) is 1. The van der Waals surface area contributed by atoms with Crippen LogP contribution in [0, 0.1) is 29.2 Å². The zero-order valence-electron chi connectivity index (χ0n) is 19.3. The Morgan fingerprint density at radius 2 is 1.64 bits per heavy atom. The second-order valence-corrected chi connectivity index (χ2v) is 11.5. The topological polar surface area (TPSA) is 66.5 Å². The van der Waals surface area contributed by atoms with Gasteiger partial charge in [-0.1, -0.05) is 24.3 Å². The number of sulfonamides is 1. The number of alkyl halides is 3. The van der Waals surface area contributed by atoms with Gasteiger partial charge >= 0.3 is 6.18 Å². The molecule has 13 heteroatoms. The number of anilines is 1. The van der Waals surface area contributed by atoms with Gasteiger partial charge in [0.15, 0.2) is 23.3 Å². The number of halogens is 7. The highest BCUT2D eigenvalue weighted by molar-refractivity contribution is 7.90. The summed E-state index contributed by atoms with van der Waals surface area (Å²) < 4.78 is 120. The summed E-state index contributed by atoms with van der Waals surface area (Å²) in [6.07, 6.45) is 3.08. The van der Waals surface area contributed by atoms with Crippen molar-refractivity contribution in [3.8, 4) is 0 Å². The number of allylic oxidation sites excluding steroid dienone is 3. The second-order valence-electron chi connectivity index (χ2n) is 9.10. The van der Waals surface area contributed by atoms with E-state index in [1.807, 2.05) is 0 Å². The van der Waals surface area contributed by atoms with E-state index in [-0.39, 0.29) is 18.8 Å². The molecular formula is C23H25F7N2O3S. The van der Waals surface area contributed by atoms with Crippen LogP contribution in [0.25, 0.3) is 0 Å². The maximum Gasteiger partial charge on any atom is 0.422 e. The third-order valence-electron chi connectivity index (χ3n) is 6.55. The van der Waals surface area contributed by atoms with Gasteiger partial charge in [0.25, 0.3) is 0 Å². The fraction of sp³-hybridized carbons (Fsp3) is 0.522. The molecule has 0 aromatic heterocycles. The molecule has 1 aliphatic heterocycles. The number of carbonyl (C=O) groups is 1. The smallest absolute Gasteiger partial charge is 0.321 e. The maximum absolute atomic E-state index is 13.9. The van der Waals surface area contributed by atoms with Crippen molar-refractivity contribution in [3.63, 3.8) is 0 Å². The molecule has 1 aromatic rings. The first-order chi connectivity index (χ1) is 16.7. The molecule has 1 aromatic carbocycles. The largest absolute Gasteiger partial charge is 0.422 e. The average Bonchev–Trinajstić information content (AvgIpc) is 2.80. The standard InChI is InChI=1S/C23H25F7N2O3S/c1-22(10-3-2-4-11-22)36(34,35)32-12-8-14(9-13-32)6-5-7-15(33)31-21-19(26)17(24)16(23(28,29)30)18(25)20(21)27/h2-4,10,14H,5-9,11-13H2,1H3,(H,31,33). The van der Waals surface area contributed by atoms with E-state index in [0.29, 0.717) is 38.8 Å². The van der Waals surface area contributed by atoms with Gasteiger partial charge in [-0.15, -0.1) is 0 Å². The summed E-state index contributed by atoms with van der Waals surface area (Å²) >= 11 is 0. The van der Waals surface area contributed by atoms with Crippen LogP contribution in [0.15, 0.2) is 24.3 Å². The molecule has 1 saturated heterocycles. The lowest BCUT2D eigenvalue weighted by Crippen LogP contribution is -2.48. The van der Waals surface area contributed by atoms with Crippen LogP contribution in [0.4, 0.5) is 36.4 Å². The van der Waals surface area contributed by atoms with E-state index >= 15 is 0 Å². The van der Waals surface area contributed by atoms with Crippen molar-refractivity contribution in [1.82, 2.24) is 4.31 Å². The Morgan fingerprint density at radius 1 is 1.06 bits per heavy atom. The van der Waals surface area contributed by atoms with Crippen molar-refractivity contribution in [3.05, 3.63) is 53.1 Å². The molecule has 1 N–H and O–H groups in total. The number of carbonyl (C=O) groups excluding carboxylic acids is 1. The van der Waals surface area contributed by atoms with Crippen LogP contribution >= 0.6 is 0 Å². The predicted octanol–water partition coefficient (Wildman–Crippen LogP) is 5.69. The lowest BCUT2D eigenvalue weighted by Gasteiger charge is -2.37. The molecule has 1 aliphatic carbocycles. The summed E-state index contributed by atoms with van der Waals surface area (Å²) in [5.74, 6) is -10.9. The van der Waals surface area contributed by atoms with E-state index in [0.717, 1.165) is 0 Å². The van der Waals surface area contributed by atoms with Crippen molar-refractivity contribution in [2.75, 3.05) is 18.4 Å². The third kappa shape index (κ3) is 5.61. The Bertz CT molecular complexity index is 1140. The van der Waals surface area contributed by atoms with Crippen LogP contribution < -0.4 is 5.32 Å². The van der Waals surface area contributed by atoms with Crippen LogP contribution in [0.2, 0.25) is 0 Å². The van der Waals surface area contributed by atoms with Crippen molar-refractivity contribution >= 4 is 21.6 Å².